The third-order valence-corrected chi connectivity index (χ3v) is 10.8. The van der Waals surface area contributed by atoms with E-state index in [0.717, 1.165) is 61.6 Å². The van der Waals surface area contributed by atoms with Gasteiger partial charge < -0.3 is 4.57 Å². The lowest BCUT2D eigenvalue weighted by Crippen LogP contribution is -1.98. The van der Waals surface area contributed by atoms with Crippen LogP contribution in [0, 0.1) is 0 Å². The molecule has 0 bridgehead atoms. The van der Waals surface area contributed by atoms with Crippen LogP contribution in [-0.4, -0.2) is 18.7 Å². The second-order valence-corrected chi connectivity index (χ2v) is 14.0. The Labute approximate surface area is 318 Å². The highest BCUT2D eigenvalue weighted by atomic mass is 15.2. The zero-order chi connectivity index (χ0) is 36.3. The van der Waals surface area contributed by atoms with E-state index >= 15 is 0 Å². The number of hydrogen-bond donors (Lipinski definition) is 0. The average molecular weight is 703 g/mol. The number of rotatable bonds is 6. The first-order chi connectivity index (χ1) is 27.3. The lowest BCUT2D eigenvalue weighted by molar-refractivity contribution is 1.10. The summed E-state index contributed by atoms with van der Waals surface area (Å²) >= 11 is 0. The van der Waals surface area contributed by atoms with Crippen LogP contribution in [0.25, 0.3) is 94.6 Å². The lowest BCUT2D eigenvalue weighted by atomic mass is 9.98. The summed E-state index contributed by atoms with van der Waals surface area (Å²) in [5.41, 5.74) is 14.5. The minimum absolute atomic E-state index is 0.914. The molecule has 0 radical (unpaired) electrons. The van der Waals surface area contributed by atoms with Crippen molar-refractivity contribution in [1.29, 1.82) is 0 Å². The van der Waals surface area contributed by atoms with Crippen molar-refractivity contribution in [3.63, 3.8) is 0 Å². The van der Waals surface area contributed by atoms with Crippen LogP contribution in [-0.2, 0) is 0 Å². The number of para-hydroxylation sites is 3. The molecule has 0 N–H and O–H groups in total. The van der Waals surface area contributed by atoms with Gasteiger partial charge in [-0.1, -0.05) is 146 Å². The van der Waals surface area contributed by atoms with E-state index in [1.807, 2.05) is 0 Å². The van der Waals surface area contributed by atoms with Gasteiger partial charge in [-0.25, -0.2) is 4.98 Å². The summed E-state index contributed by atoms with van der Waals surface area (Å²) in [5, 5.41) is 3.54. The Morgan fingerprint density at radius 1 is 0.309 bits per heavy atom. The van der Waals surface area contributed by atoms with Gasteiger partial charge in [-0.15, -0.1) is 0 Å². The molecule has 4 heteroatoms. The van der Waals surface area contributed by atoms with E-state index in [9.17, 15) is 0 Å². The van der Waals surface area contributed by atoms with Crippen LogP contribution in [0.1, 0.15) is 0 Å². The van der Waals surface area contributed by atoms with Crippen molar-refractivity contribution in [3.05, 3.63) is 206 Å². The molecule has 55 heavy (non-hydrogen) atoms. The van der Waals surface area contributed by atoms with Crippen LogP contribution >= 0.6 is 0 Å². The summed E-state index contributed by atoms with van der Waals surface area (Å²) in [4.78, 5) is 5.53. The van der Waals surface area contributed by atoms with Gasteiger partial charge in [0.25, 0.3) is 0 Å². The van der Waals surface area contributed by atoms with E-state index in [1.54, 1.807) is 0 Å². The molecule has 0 fully saturated rings. The summed E-state index contributed by atoms with van der Waals surface area (Å²) in [7, 11) is 0. The topological polar surface area (TPSA) is 27.7 Å². The highest BCUT2D eigenvalue weighted by molar-refractivity contribution is 6.25. The Hall–Kier alpha value is -7.43. The lowest BCUT2D eigenvalue weighted by Gasteiger charge is -2.14. The summed E-state index contributed by atoms with van der Waals surface area (Å²) in [5.74, 6) is 0.914. The third-order valence-electron chi connectivity index (χ3n) is 10.8. The fourth-order valence-electron chi connectivity index (χ4n) is 8.43. The minimum Gasteiger partial charge on any atom is -0.309 e. The first-order valence-corrected chi connectivity index (χ1v) is 18.7. The highest BCUT2D eigenvalue weighted by Gasteiger charge is 2.26. The molecule has 3 aromatic heterocycles. The standard InChI is InChI=1S/C51H34N4/c1-6-18-35(19-7-1)38-32-39(36-20-8-2-9-21-36)34-42(33-38)53-45-29-17-16-28-43(45)47-46(53)31-30-44-48(47)54(40-24-12-4-13-25-40)51-49(44)55(41-26-14-5-15-27-41)50(52-51)37-22-10-3-11-23-37/h1-34H. The van der Waals surface area contributed by atoms with Crippen molar-refractivity contribution < 1.29 is 0 Å². The zero-order valence-electron chi connectivity index (χ0n) is 29.9. The van der Waals surface area contributed by atoms with Gasteiger partial charge >= 0.3 is 0 Å². The van der Waals surface area contributed by atoms with Crippen molar-refractivity contribution in [1.82, 2.24) is 18.7 Å². The summed E-state index contributed by atoms with van der Waals surface area (Å²) in [6.07, 6.45) is 0. The second kappa shape index (κ2) is 12.6. The molecule has 0 unspecified atom stereocenters. The molecule has 0 saturated heterocycles. The summed E-state index contributed by atoms with van der Waals surface area (Å²) in [6.45, 7) is 0. The zero-order valence-corrected chi connectivity index (χ0v) is 29.9. The quantitative estimate of drug-likeness (QED) is 0.169. The Morgan fingerprint density at radius 2 is 0.818 bits per heavy atom. The van der Waals surface area contributed by atoms with Crippen molar-refractivity contribution in [2.24, 2.45) is 0 Å². The largest absolute Gasteiger partial charge is 0.309 e. The van der Waals surface area contributed by atoms with E-state index in [-0.39, 0.29) is 0 Å². The number of hydrogen-bond acceptors (Lipinski definition) is 1. The molecule has 8 aromatic carbocycles. The van der Waals surface area contributed by atoms with Gasteiger partial charge in [0.2, 0.25) is 0 Å². The van der Waals surface area contributed by atoms with Gasteiger partial charge in [-0.2, -0.15) is 0 Å². The average Bonchev–Trinajstić information content (AvgIpc) is 3.92. The normalized spacial score (nSPS) is 11.6. The Morgan fingerprint density at radius 3 is 1.42 bits per heavy atom. The van der Waals surface area contributed by atoms with Gasteiger partial charge in [0, 0.05) is 38.8 Å². The molecule has 0 amide bonds. The number of aromatic nitrogens is 4. The van der Waals surface area contributed by atoms with E-state index < -0.39 is 0 Å². The molecular formula is C51H34N4. The maximum absolute atomic E-state index is 5.53. The Balaban J connectivity index is 1.29. The molecule has 0 saturated carbocycles. The van der Waals surface area contributed by atoms with Gasteiger partial charge in [0.1, 0.15) is 11.3 Å². The maximum Gasteiger partial charge on any atom is 0.165 e. The highest BCUT2D eigenvalue weighted by Crippen LogP contribution is 2.44. The molecule has 3 heterocycles. The second-order valence-electron chi connectivity index (χ2n) is 14.0. The molecule has 0 atom stereocenters. The predicted octanol–water partition coefficient (Wildman–Crippen LogP) is 13.1. The molecule has 4 nitrogen and oxygen atoms in total. The van der Waals surface area contributed by atoms with Crippen LogP contribution in [0.15, 0.2) is 206 Å². The van der Waals surface area contributed by atoms with Crippen LogP contribution in [0.5, 0.6) is 0 Å². The molecule has 0 aliphatic heterocycles. The van der Waals surface area contributed by atoms with Crippen LogP contribution < -0.4 is 0 Å². The van der Waals surface area contributed by atoms with Gasteiger partial charge in [0.15, 0.2) is 5.65 Å². The number of imidazole rings is 1. The number of benzene rings is 8. The smallest absolute Gasteiger partial charge is 0.165 e. The van der Waals surface area contributed by atoms with Crippen molar-refractivity contribution in [3.8, 4) is 50.7 Å². The van der Waals surface area contributed by atoms with Crippen LogP contribution in [0.2, 0.25) is 0 Å². The fraction of sp³-hybridized carbons (Fsp3) is 0. The predicted molar refractivity (Wildman–Crippen MR) is 229 cm³/mol. The van der Waals surface area contributed by atoms with Gasteiger partial charge in [-0.3, -0.25) is 9.13 Å². The first kappa shape index (κ1) is 31.1. The van der Waals surface area contributed by atoms with E-state index in [4.69, 9.17) is 4.98 Å². The Bertz CT molecular complexity index is 3100. The SMILES string of the molecule is c1ccc(-c2cc(-c3ccccc3)cc(-n3c4ccccc4c4c3ccc3c5c(nc(-c6ccccc6)n5-c5ccccc5)n(-c5ccccc5)c34)c2)cc1. The molecule has 258 valence electrons. The molecular weight excluding hydrogens is 669 g/mol. The number of fused-ring (bicyclic) bond motifs is 7. The maximum atomic E-state index is 5.53. The molecule has 0 spiro atoms. The minimum atomic E-state index is 0.914. The molecule has 11 rings (SSSR count). The van der Waals surface area contributed by atoms with Crippen LogP contribution in [0.4, 0.5) is 0 Å². The summed E-state index contributed by atoms with van der Waals surface area (Å²) in [6, 6.07) is 73.7. The summed E-state index contributed by atoms with van der Waals surface area (Å²) < 4.78 is 7.17. The van der Waals surface area contributed by atoms with Gasteiger partial charge in [-0.05, 0) is 82.9 Å². The van der Waals surface area contributed by atoms with E-state index in [1.165, 1.54) is 33.0 Å². The monoisotopic (exact) mass is 702 g/mol. The van der Waals surface area contributed by atoms with E-state index in [2.05, 4.69) is 220 Å². The van der Waals surface area contributed by atoms with Crippen LogP contribution in [0.3, 0.4) is 0 Å². The number of nitrogens with zero attached hydrogens (tertiary/aromatic N) is 4. The fourth-order valence-corrected chi connectivity index (χ4v) is 8.43. The molecule has 0 aliphatic rings. The third kappa shape index (κ3) is 4.96. The molecule has 11 aromatic rings. The van der Waals surface area contributed by atoms with Crippen molar-refractivity contribution in [2.75, 3.05) is 0 Å². The van der Waals surface area contributed by atoms with Crippen molar-refractivity contribution in [2.45, 2.75) is 0 Å². The Kier molecular flexibility index (Phi) is 7.14. The molecule has 0 aliphatic carbocycles. The van der Waals surface area contributed by atoms with E-state index in [0.29, 0.717) is 0 Å². The first-order valence-electron chi connectivity index (χ1n) is 18.7. The van der Waals surface area contributed by atoms with Crippen molar-refractivity contribution >= 4 is 43.9 Å². The van der Waals surface area contributed by atoms with Gasteiger partial charge in [0.05, 0.1) is 16.6 Å².